The van der Waals surface area contributed by atoms with Gasteiger partial charge in [-0.1, -0.05) is 31.2 Å². The van der Waals surface area contributed by atoms with Gasteiger partial charge < -0.3 is 14.4 Å². The molecule has 2 aromatic carbocycles. The molecule has 1 saturated heterocycles. The highest BCUT2D eigenvalue weighted by Gasteiger charge is 2.35. The van der Waals surface area contributed by atoms with E-state index >= 15 is 0 Å². The molecule has 28 heavy (non-hydrogen) atoms. The zero-order valence-corrected chi connectivity index (χ0v) is 17.3. The number of nitrogens with zero attached hydrogens (tertiary/aromatic N) is 1. The second-order valence-corrected chi connectivity index (χ2v) is 9.19. The molecule has 3 atom stereocenters. The second kappa shape index (κ2) is 9.10. The van der Waals surface area contributed by atoms with Crippen LogP contribution in [0.3, 0.4) is 0 Å². The fourth-order valence-electron chi connectivity index (χ4n) is 4.09. The van der Waals surface area contributed by atoms with E-state index < -0.39 is 10.8 Å². The van der Waals surface area contributed by atoms with Gasteiger partial charge in [0, 0.05) is 6.54 Å². The average molecular weight is 400 g/mol. The molecule has 2 heterocycles. The van der Waals surface area contributed by atoms with Gasteiger partial charge in [0.05, 0.1) is 27.6 Å². The molecule has 0 N–H and O–H groups in total. The van der Waals surface area contributed by atoms with Crippen molar-refractivity contribution in [2.45, 2.75) is 48.9 Å². The van der Waals surface area contributed by atoms with Crippen molar-refractivity contribution in [1.82, 2.24) is 4.90 Å². The molecule has 0 spiro atoms. The largest absolute Gasteiger partial charge is 0.494 e. The summed E-state index contributed by atoms with van der Waals surface area (Å²) in [6.45, 7) is 6.41. The Morgan fingerprint density at radius 1 is 1.11 bits per heavy atom. The van der Waals surface area contributed by atoms with Crippen LogP contribution in [0.25, 0.3) is 0 Å². The number of hydrogen-bond donors (Lipinski definition) is 0. The predicted molar refractivity (Wildman–Crippen MR) is 113 cm³/mol. The van der Waals surface area contributed by atoms with Gasteiger partial charge in [0.15, 0.2) is 0 Å². The number of likely N-dealkylation sites (tertiary alicyclic amines) is 1. The zero-order chi connectivity index (χ0) is 19.3. The van der Waals surface area contributed by atoms with Gasteiger partial charge in [-0.15, -0.1) is 0 Å². The Balaban J connectivity index is 1.38. The van der Waals surface area contributed by atoms with Crippen molar-refractivity contribution >= 4 is 10.8 Å². The summed E-state index contributed by atoms with van der Waals surface area (Å²) in [7, 11) is -1.06. The predicted octanol–water partition coefficient (Wildman–Crippen LogP) is 4.57. The van der Waals surface area contributed by atoms with Gasteiger partial charge in [-0.2, -0.15) is 0 Å². The second-order valence-electron chi connectivity index (χ2n) is 7.55. The number of fused-ring (bicyclic) bond motifs is 1. The smallest absolute Gasteiger partial charge is 0.138 e. The molecule has 4 rings (SSSR count). The van der Waals surface area contributed by atoms with Gasteiger partial charge in [-0.25, -0.2) is 0 Å². The molecule has 0 aliphatic carbocycles. The Morgan fingerprint density at radius 2 is 1.86 bits per heavy atom. The summed E-state index contributed by atoms with van der Waals surface area (Å²) in [5.74, 6) is 1.62. The maximum atomic E-state index is 13.0. The van der Waals surface area contributed by atoms with E-state index in [0.717, 1.165) is 48.0 Å². The zero-order valence-electron chi connectivity index (χ0n) is 16.5. The first kappa shape index (κ1) is 19.5. The van der Waals surface area contributed by atoms with E-state index in [4.69, 9.17) is 9.47 Å². The lowest BCUT2D eigenvalue weighted by molar-refractivity contribution is 0.185. The minimum absolute atomic E-state index is 0.0397. The molecule has 3 unspecified atom stereocenters. The maximum absolute atomic E-state index is 13.0. The summed E-state index contributed by atoms with van der Waals surface area (Å²) >= 11 is 0. The van der Waals surface area contributed by atoms with E-state index in [1.807, 2.05) is 48.5 Å². The lowest BCUT2D eigenvalue weighted by atomic mass is 10.0. The molecule has 0 saturated carbocycles. The van der Waals surface area contributed by atoms with Gasteiger partial charge in [0.1, 0.15) is 17.6 Å². The van der Waals surface area contributed by atoms with Crippen molar-refractivity contribution in [1.29, 1.82) is 0 Å². The average Bonchev–Trinajstić information content (AvgIpc) is 3.25. The standard InChI is InChI=1S/C23H29NO3S/c1-2-21-23(27-20-8-3-4-9-22(20)28(21)25)18-10-12-19(13-11-18)26-17-7-16-24-14-5-6-15-24/h3-4,8-13,21,23H,2,5-7,14-17H2,1H3. The van der Waals surface area contributed by atoms with Crippen LogP contribution in [0.5, 0.6) is 11.5 Å². The van der Waals surface area contributed by atoms with Crippen LogP contribution in [0.2, 0.25) is 0 Å². The Labute approximate surface area is 170 Å². The first-order valence-electron chi connectivity index (χ1n) is 10.4. The summed E-state index contributed by atoms with van der Waals surface area (Å²) in [5, 5.41) is -0.0397. The van der Waals surface area contributed by atoms with E-state index in [-0.39, 0.29) is 11.4 Å². The van der Waals surface area contributed by atoms with Crippen LogP contribution in [0.4, 0.5) is 0 Å². The van der Waals surface area contributed by atoms with E-state index in [9.17, 15) is 4.21 Å². The number of rotatable bonds is 7. The van der Waals surface area contributed by atoms with Crippen LogP contribution in [0.1, 0.15) is 44.3 Å². The van der Waals surface area contributed by atoms with E-state index in [1.54, 1.807) is 0 Å². The minimum Gasteiger partial charge on any atom is -0.494 e. The van der Waals surface area contributed by atoms with Gasteiger partial charge >= 0.3 is 0 Å². The Morgan fingerprint density at radius 3 is 2.61 bits per heavy atom. The highest BCUT2D eigenvalue weighted by molar-refractivity contribution is 7.86. The first-order valence-corrected chi connectivity index (χ1v) is 11.6. The molecule has 150 valence electrons. The molecular weight excluding hydrogens is 370 g/mol. The molecule has 0 radical (unpaired) electrons. The molecule has 0 amide bonds. The van der Waals surface area contributed by atoms with E-state index in [1.165, 1.54) is 25.9 Å². The highest BCUT2D eigenvalue weighted by atomic mass is 32.2. The molecule has 0 bridgehead atoms. The quantitative estimate of drug-likeness (QED) is 0.639. The number of benzene rings is 2. The fraction of sp³-hybridized carbons (Fsp3) is 0.478. The lowest BCUT2D eigenvalue weighted by Crippen LogP contribution is -2.32. The molecule has 4 nitrogen and oxygen atoms in total. The molecule has 0 aromatic heterocycles. The molecule has 2 aromatic rings. The van der Waals surface area contributed by atoms with Crippen LogP contribution < -0.4 is 9.47 Å². The summed E-state index contributed by atoms with van der Waals surface area (Å²) in [6, 6.07) is 15.8. The van der Waals surface area contributed by atoms with Crippen molar-refractivity contribution in [3.8, 4) is 11.5 Å². The van der Waals surface area contributed by atoms with Gasteiger partial charge in [0.25, 0.3) is 0 Å². The Hall–Kier alpha value is -1.85. The third-order valence-corrected chi connectivity index (χ3v) is 7.53. The van der Waals surface area contributed by atoms with Gasteiger partial charge in [-0.05, 0) is 68.6 Å². The van der Waals surface area contributed by atoms with E-state index in [0.29, 0.717) is 0 Å². The van der Waals surface area contributed by atoms with Crippen molar-refractivity contribution < 1.29 is 13.7 Å². The van der Waals surface area contributed by atoms with Crippen molar-refractivity contribution in [2.24, 2.45) is 0 Å². The summed E-state index contributed by atoms with van der Waals surface area (Å²) < 4.78 is 25.1. The summed E-state index contributed by atoms with van der Waals surface area (Å²) in [5.41, 5.74) is 1.05. The van der Waals surface area contributed by atoms with Crippen molar-refractivity contribution in [2.75, 3.05) is 26.2 Å². The molecular formula is C23H29NO3S. The lowest BCUT2D eigenvalue weighted by Gasteiger charge is -2.32. The minimum atomic E-state index is -1.06. The monoisotopic (exact) mass is 399 g/mol. The normalized spacial score (nSPS) is 24.5. The topological polar surface area (TPSA) is 38.8 Å². The Bertz CT molecular complexity index is 802. The fourth-order valence-corrected chi connectivity index (χ4v) is 5.68. The van der Waals surface area contributed by atoms with E-state index in [2.05, 4.69) is 11.8 Å². The molecule has 2 aliphatic heterocycles. The molecule has 2 aliphatic rings. The first-order chi connectivity index (χ1) is 13.8. The van der Waals surface area contributed by atoms with Gasteiger partial charge in [0.2, 0.25) is 0 Å². The van der Waals surface area contributed by atoms with Crippen LogP contribution >= 0.6 is 0 Å². The third kappa shape index (κ3) is 4.26. The SMILES string of the molecule is CCC1C(c2ccc(OCCCN3CCCC3)cc2)Oc2ccccc2S1=O. The maximum Gasteiger partial charge on any atom is 0.138 e. The van der Waals surface area contributed by atoms with Crippen LogP contribution in [-0.4, -0.2) is 40.6 Å². The molecule has 5 heteroatoms. The highest BCUT2D eigenvalue weighted by Crippen LogP contribution is 2.40. The molecule has 1 fully saturated rings. The van der Waals surface area contributed by atoms with Crippen LogP contribution in [0.15, 0.2) is 53.4 Å². The summed E-state index contributed by atoms with van der Waals surface area (Å²) in [6.07, 6.45) is 4.34. The van der Waals surface area contributed by atoms with Crippen molar-refractivity contribution in [3.63, 3.8) is 0 Å². The summed E-state index contributed by atoms with van der Waals surface area (Å²) in [4.78, 5) is 3.32. The third-order valence-electron chi connectivity index (χ3n) is 5.63. The van der Waals surface area contributed by atoms with Crippen molar-refractivity contribution in [3.05, 3.63) is 54.1 Å². The van der Waals surface area contributed by atoms with Gasteiger partial charge in [-0.3, -0.25) is 4.21 Å². The number of hydrogen-bond acceptors (Lipinski definition) is 4. The van der Waals surface area contributed by atoms with Crippen LogP contribution in [-0.2, 0) is 10.8 Å². The van der Waals surface area contributed by atoms with Crippen LogP contribution in [0, 0.1) is 0 Å². The Kier molecular flexibility index (Phi) is 6.33. The number of ether oxygens (including phenoxy) is 2. The number of para-hydroxylation sites is 1.